The lowest BCUT2D eigenvalue weighted by atomic mass is 10.2. The highest BCUT2D eigenvalue weighted by atomic mass is 32.2. The lowest BCUT2D eigenvalue weighted by Crippen LogP contribution is -2.50. The minimum Gasteiger partial charge on any atom is -0.336 e. The van der Waals surface area contributed by atoms with Gasteiger partial charge in [-0.2, -0.15) is 4.31 Å². The van der Waals surface area contributed by atoms with Crippen molar-refractivity contribution in [1.82, 2.24) is 14.2 Å². The summed E-state index contributed by atoms with van der Waals surface area (Å²) < 4.78 is 26.3. The third-order valence-corrected chi connectivity index (χ3v) is 5.61. The summed E-state index contributed by atoms with van der Waals surface area (Å²) in [6, 6.07) is 12.6. The van der Waals surface area contributed by atoms with Crippen molar-refractivity contribution in [3.05, 3.63) is 71.4 Å². The molecule has 1 aliphatic heterocycles. The summed E-state index contributed by atoms with van der Waals surface area (Å²) in [6.45, 7) is 1.33. The molecule has 0 spiro atoms. The summed E-state index contributed by atoms with van der Waals surface area (Å²) in [4.78, 5) is 17.9. The number of benzene rings is 1. The number of hydrogen-bond donors (Lipinski definition) is 0. The van der Waals surface area contributed by atoms with Gasteiger partial charge in [0.2, 0.25) is 10.0 Å². The quantitative estimate of drug-likeness (QED) is 0.837. The second-order valence-electron chi connectivity index (χ2n) is 5.69. The Morgan fingerprint density at radius 2 is 1.60 bits per heavy atom. The van der Waals surface area contributed by atoms with Gasteiger partial charge < -0.3 is 4.90 Å². The van der Waals surface area contributed by atoms with E-state index >= 15 is 0 Å². The standard InChI is InChI=1S/C18H19N3O3S/c22-18(17-6-9-19-10-7-17)20-11-13-21(14-12-20)25(23,24)15-8-16-4-2-1-3-5-16/h1-10,15H,11-14H2/b15-8+. The highest BCUT2D eigenvalue weighted by Gasteiger charge is 2.27. The maximum Gasteiger partial charge on any atom is 0.254 e. The van der Waals surface area contributed by atoms with Gasteiger partial charge in [0.15, 0.2) is 0 Å². The van der Waals surface area contributed by atoms with Crippen LogP contribution in [0.4, 0.5) is 0 Å². The van der Waals surface area contributed by atoms with E-state index in [0.717, 1.165) is 5.56 Å². The molecule has 1 saturated heterocycles. The molecular formula is C18H19N3O3S. The van der Waals surface area contributed by atoms with Crippen molar-refractivity contribution in [2.24, 2.45) is 0 Å². The summed E-state index contributed by atoms with van der Waals surface area (Å²) in [7, 11) is -3.49. The Morgan fingerprint density at radius 3 is 2.24 bits per heavy atom. The van der Waals surface area contributed by atoms with Crippen molar-refractivity contribution >= 4 is 22.0 Å². The molecule has 0 saturated carbocycles. The van der Waals surface area contributed by atoms with E-state index in [1.807, 2.05) is 30.3 Å². The second-order valence-corrected chi connectivity index (χ2v) is 7.50. The second kappa shape index (κ2) is 7.58. The number of hydrogen-bond acceptors (Lipinski definition) is 4. The van der Waals surface area contributed by atoms with Gasteiger partial charge in [-0.1, -0.05) is 30.3 Å². The predicted molar refractivity (Wildman–Crippen MR) is 96.1 cm³/mol. The Labute approximate surface area is 147 Å². The van der Waals surface area contributed by atoms with Gasteiger partial charge >= 0.3 is 0 Å². The lowest BCUT2D eigenvalue weighted by molar-refractivity contribution is 0.0698. The van der Waals surface area contributed by atoms with Gasteiger partial charge in [0.05, 0.1) is 0 Å². The van der Waals surface area contributed by atoms with E-state index in [1.165, 1.54) is 9.71 Å². The Bertz CT molecular complexity index is 844. The summed E-state index contributed by atoms with van der Waals surface area (Å²) in [5.74, 6) is -0.0979. The summed E-state index contributed by atoms with van der Waals surface area (Å²) >= 11 is 0. The van der Waals surface area contributed by atoms with Gasteiger partial charge in [-0.25, -0.2) is 8.42 Å². The average molecular weight is 357 g/mol. The molecule has 3 rings (SSSR count). The molecule has 7 heteroatoms. The molecule has 0 bridgehead atoms. The van der Waals surface area contributed by atoms with Crippen molar-refractivity contribution in [3.8, 4) is 0 Å². The Balaban J connectivity index is 1.61. The molecule has 1 aromatic carbocycles. The van der Waals surface area contributed by atoms with E-state index in [0.29, 0.717) is 18.7 Å². The van der Waals surface area contributed by atoms with Crippen molar-refractivity contribution < 1.29 is 13.2 Å². The first kappa shape index (κ1) is 17.3. The molecule has 1 aliphatic rings. The fourth-order valence-corrected chi connectivity index (χ4v) is 3.81. The maximum atomic E-state index is 12.4. The molecule has 6 nitrogen and oxygen atoms in total. The SMILES string of the molecule is O=C(c1ccncc1)N1CCN(S(=O)(=O)/C=C/c2ccccc2)CC1. The van der Waals surface area contributed by atoms with Gasteiger partial charge in [-0.05, 0) is 23.8 Å². The monoisotopic (exact) mass is 357 g/mol. The molecule has 2 aromatic rings. The fourth-order valence-electron chi connectivity index (χ4n) is 2.64. The first-order chi connectivity index (χ1) is 12.1. The Hall–Kier alpha value is -2.51. The van der Waals surface area contributed by atoms with Crippen LogP contribution in [-0.4, -0.2) is 54.7 Å². The number of rotatable bonds is 4. The summed E-state index contributed by atoms with van der Waals surface area (Å²) in [5.41, 5.74) is 1.40. The topological polar surface area (TPSA) is 70.6 Å². The van der Waals surface area contributed by atoms with Crippen LogP contribution in [0.15, 0.2) is 60.3 Å². The van der Waals surface area contributed by atoms with Crippen molar-refractivity contribution in [2.45, 2.75) is 0 Å². The van der Waals surface area contributed by atoms with Gasteiger partial charge in [-0.3, -0.25) is 9.78 Å². The predicted octanol–water partition coefficient (Wildman–Crippen LogP) is 1.84. The molecule has 0 unspecified atom stereocenters. The van der Waals surface area contributed by atoms with Crippen molar-refractivity contribution in [2.75, 3.05) is 26.2 Å². The molecule has 0 radical (unpaired) electrons. The zero-order chi connectivity index (χ0) is 17.7. The van der Waals surface area contributed by atoms with Crippen LogP contribution in [0.2, 0.25) is 0 Å². The highest BCUT2D eigenvalue weighted by Crippen LogP contribution is 2.13. The first-order valence-corrected chi connectivity index (χ1v) is 9.49. The van der Waals surface area contributed by atoms with Crippen LogP contribution >= 0.6 is 0 Å². The molecule has 0 atom stereocenters. The highest BCUT2D eigenvalue weighted by molar-refractivity contribution is 7.92. The number of pyridine rings is 1. The van der Waals surface area contributed by atoms with Crippen molar-refractivity contribution in [1.29, 1.82) is 0 Å². The zero-order valence-corrected chi connectivity index (χ0v) is 14.5. The smallest absolute Gasteiger partial charge is 0.254 e. The third kappa shape index (κ3) is 4.32. The van der Waals surface area contributed by atoms with Crippen LogP contribution < -0.4 is 0 Å². The van der Waals surface area contributed by atoms with Crippen LogP contribution in [0.5, 0.6) is 0 Å². The number of amides is 1. The van der Waals surface area contributed by atoms with Crippen molar-refractivity contribution in [3.63, 3.8) is 0 Å². The van der Waals surface area contributed by atoms with Crippen LogP contribution in [0.1, 0.15) is 15.9 Å². The Kier molecular flexibility index (Phi) is 5.25. The van der Waals surface area contributed by atoms with Crippen LogP contribution in [-0.2, 0) is 10.0 Å². The minimum atomic E-state index is -3.49. The number of nitrogens with zero attached hydrogens (tertiary/aromatic N) is 3. The van der Waals surface area contributed by atoms with E-state index in [2.05, 4.69) is 4.98 Å². The molecule has 1 fully saturated rings. The van der Waals surface area contributed by atoms with E-state index in [1.54, 1.807) is 35.5 Å². The summed E-state index contributed by atoms with van der Waals surface area (Å²) in [5, 5.41) is 1.22. The zero-order valence-electron chi connectivity index (χ0n) is 13.7. The van der Waals surface area contributed by atoms with Gasteiger partial charge in [0, 0.05) is 49.5 Å². The van der Waals surface area contributed by atoms with E-state index in [9.17, 15) is 13.2 Å². The summed E-state index contributed by atoms with van der Waals surface area (Å²) in [6.07, 6.45) is 4.73. The van der Waals surface area contributed by atoms with Gasteiger partial charge in [0.1, 0.15) is 0 Å². The molecular weight excluding hydrogens is 338 g/mol. The van der Waals surface area contributed by atoms with E-state index in [-0.39, 0.29) is 19.0 Å². The molecule has 1 aromatic heterocycles. The molecule has 25 heavy (non-hydrogen) atoms. The molecule has 2 heterocycles. The number of carbonyl (C=O) groups is 1. The van der Waals surface area contributed by atoms with Gasteiger partial charge in [0.25, 0.3) is 5.91 Å². The first-order valence-electron chi connectivity index (χ1n) is 7.99. The maximum absolute atomic E-state index is 12.4. The van der Waals surface area contributed by atoms with Crippen LogP contribution in [0, 0.1) is 0 Å². The normalized spacial score (nSPS) is 16.2. The van der Waals surface area contributed by atoms with Crippen LogP contribution in [0.25, 0.3) is 6.08 Å². The minimum absolute atomic E-state index is 0.0979. The molecule has 0 N–H and O–H groups in total. The van der Waals surface area contributed by atoms with Crippen LogP contribution in [0.3, 0.4) is 0 Å². The van der Waals surface area contributed by atoms with E-state index in [4.69, 9.17) is 0 Å². The molecule has 130 valence electrons. The molecule has 1 amide bonds. The number of piperazine rings is 1. The van der Waals surface area contributed by atoms with Gasteiger partial charge in [-0.15, -0.1) is 0 Å². The Morgan fingerprint density at radius 1 is 0.960 bits per heavy atom. The number of aromatic nitrogens is 1. The van der Waals surface area contributed by atoms with E-state index < -0.39 is 10.0 Å². The number of sulfonamides is 1. The number of carbonyl (C=O) groups excluding carboxylic acids is 1. The largest absolute Gasteiger partial charge is 0.336 e. The fraction of sp³-hybridized carbons (Fsp3) is 0.222. The average Bonchev–Trinajstić information content (AvgIpc) is 2.67. The lowest BCUT2D eigenvalue weighted by Gasteiger charge is -2.33. The molecule has 0 aliphatic carbocycles. The third-order valence-electron chi connectivity index (χ3n) is 4.05.